The van der Waals surface area contributed by atoms with Crippen LogP contribution >= 0.6 is 11.6 Å². The van der Waals surface area contributed by atoms with Gasteiger partial charge in [0.15, 0.2) is 0 Å². The van der Waals surface area contributed by atoms with Crippen LogP contribution in [0, 0.1) is 0 Å². The van der Waals surface area contributed by atoms with Gasteiger partial charge in [-0.15, -0.1) is 0 Å². The van der Waals surface area contributed by atoms with Crippen molar-refractivity contribution in [3.05, 3.63) is 118 Å². The molecule has 0 aliphatic heterocycles. The molecule has 54 heavy (non-hydrogen) atoms. The van der Waals surface area contributed by atoms with Crippen molar-refractivity contribution in [2.45, 2.75) is 71.6 Å². The van der Waals surface area contributed by atoms with Crippen molar-refractivity contribution in [1.82, 2.24) is 5.32 Å². The number of carbonyl (C=O) groups excluding carboxylic acids is 4. The van der Waals surface area contributed by atoms with Crippen LogP contribution in [0.1, 0.15) is 68.8 Å². The number of rotatable bonds is 9. The lowest BCUT2D eigenvalue weighted by molar-refractivity contribution is -0.142. The van der Waals surface area contributed by atoms with Crippen molar-refractivity contribution < 1.29 is 42.9 Å². The first kappa shape index (κ1) is 39.4. The van der Waals surface area contributed by atoms with Crippen LogP contribution in [-0.4, -0.2) is 53.5 Å². The summed E-state index contributed by atoms with van der Waals surface area (Å²) in [6.07, 6.45) is -1.82. The van der Waals surface area contributed by atoms with Gasteiger partial charge in [0.2, 0.25) is 5.76 Å². The highest BCUT2D eigenvalue weighted by molar-refractivity contribution is 6.30. The van der Waals surface area contributed by atoms with E-state index in [1.807, 2.05) is 42.5 Å². The zero-order chi connectivity index (χ0) is 39.4. The van der Waals surface area contributed by atoms with Gasteiger partial charge in [-0.05, 0) is 112 Å². The van der Waals surface area contributed by atoms with Gasteiger partial charge in [0, 0.05) is 16.8 Å². The summed E-state index contributed by atoms with van der Waals surface area (Å²) < 4.78 is 22.6. The molecule has 0 radical (unpaired) electrons. The van der Waals surface area contributed by atoms with Crippen LogP contribution in [0.2, 0.25) is 5.02 Å². The summed E-state index contributed by atoms with van der Waals surface area (Å²) in [5.74, 6) is -2.11. The second kappa shape index (κ2) is 16.1. The number of amides is 3. The monoisotopic (exact) mass is 754 g/mol. The molecule has 1 aromatic heterocycles. The minimum Gasteiger partial charge on any atom is -0.508 e. The Bertz CT molecular complexity index is 2140. The molecular formula is C42H43ClN2O9. The third-order valence-electron chi connectivity index (χ3n) is 8.07. The van der Waals surface area contributed by atoms with Gasteiger partial charge >= 0.3 is 18.2 Å². The number of aromatic hydroxyl groups is 1. The van der Waals surface area contributed by atoms with Crippen molar-refractivity contribution in [3.63, 3.8) is 0 Å². The number of benzene rings is 4. The lowest BCUT2D eigenvalue weighted by atomic mass is 9.95. The quantitative estimate of drug-likeness (QED) is 0.111. The van der Waals surface area contributed by atoms with Gasteiger partial charge in [-0.1, -0.05) is 66.2 Å². The van der Waals surface area contributed by atoms with Crippen LogP contribution in [0.25, 0.3) is 22.1 Å². The number of carbonyl (C=O) groups is 4. The number of nitrogens with zero attached hydrogens (tertiary/aromatic N) is 1. The standard InChI is InChI=1S/C42H43ClN2O9/c1-41(2,3)53-39(49)45(40(50)54-42(4,5)6)35-32-20-16-28(26-13-17-30(43)18-14-26)24-34(32)52-36(35)37(47)44-33(38(48)51-7)23-27-15-19-31(46)22-29(27)21-25-11-9-8-10-12-25/h8-20,22,24,33,46H,21,23H2,1-7H3,(H,44,47)/t33-/m0/s1. The highest BCUT2D eigenvalue weighted by atomic mass is 35.5. The molecule has 0 bridgehead atoms. The van der Waals surface area contributed by atoms with E-state index in [0.717, 1.165) is 16.7 Å². The summed E-state index contributed by atoms with van der Waals surface area (Å²) >= 11 is 6.12. The molecule has 12 heteroatoms. The first-order valence-electron chi connectivity index (χ1n) is 17.2. The number of anilines is 1. The number of fused-ring (bicyclic) bond motifs is 1. The number of nitrogens with one attached hydrogen (secondary N) is 1. The summed E-state index contributed by atoms with van der Waals surface area (Å²) in [5.41, 5.74) is 1.66. The highest BCUT2D eigenvalue weighted by Crippen LogP contribution is 2.38. The molecule has 0 spiro atoms. The number of imide groups is 1. The topological polar surface area (TPSA) is 145 Å². The van der Waals surface area contributed by atoms with Gasteiger partial charge in [-0.25, -0.2) is 14.4 Å². The summed E-state index contributed by atoms with van der Waals surface area (Å²) in [5, 5.41) is 13.8. The molecule has 0 fully saturated rings. The molecule has 0 saturated heterocycles. The van der Waals surface area contributed by atoms with E-state index in [0.29, 0.717) is 27.5 Å². The lowest BCUT2D eigenvalue weighted by Crippen LogP contribution is -2.46. The lowest BCUT2D eigenvalue weighted by Gasteiger charge is -2.28. The van der Waals surface area contributed by atoms with E-state index < -0.39 is 47.1 Å². The normalized spacial score (nSPS) is 12.1. The minimum absolute atomic E-state index is 0.0288. The molecule has 3 amide bonds. The van der Waals surface area contributed by atoms with Crippen molar-refractivity contribution in [2.75, 3.05) is 12.0 Å². The van der Waals surface area contributed by atoms with Crippen molar-refractivity contribution >= 4 is 52.3 Å². The van der Waals surface area contributed by atoms with E-state index in [9.17, 15) is 24.3 Å². The number of hydrogen-bond donors (Lipinski definition) is 2. The molecule has 0 saturated carbocycles. The van der Waals surface area contributed by atoms with Gasteiger partial charge in [-0.3, -0.25) is 4.79 Å². The van der Waals surface area contributed by atoms with Crippen LogP contribution < -0.4 is 10.2 Å². The van der Waals surface area contributed by atoms with Gasteiger partial charge in [0.25, 0.3) is 5.91 Å². The van der Waals surface area contributed by atoms with E-state index in [4.69, 9.17) is 30.2 Å². The SMILES string of the molecule is COC(=O)[C@H](Cc1ccc(O)cc1Cc1ccccc1)NC(=O)c1oc2cc(-c3ccc(Cl)cc3)ccc2c1N(C(=O)OC(C)(C)C)C(=O)OC(C)(C)C. The third kappa shape index (κ3) is 9.78. The molecule has 4 aromatic carbocycles. The number of ether oxygens (including phenoxy) is 3. The van der Waals surface area contributed by atoms with Gasteiger partial charge in [0.05, 0.1) is 7.11 Å². The van der Waals surface area contributed by atoms with E-state index in [2.05, 4.69) is 5.32 Å². The number of esters is 1. The van der Waals surface area contributed by atoms with E-state index in [-0.39, 0.29) is 28.8 Å². The Balaban J connectivity index is 1.62. The Morgan fingerprint density at radius 3 is 2.00 bits per heavy atom. The molecule has 0 aliphatic rings. The average molecular weight is 755 g/mol. The molecule has 5 rings (SSSR count). The Morgan fingerprint density at radius 2 is 1.41 bits per heavy atom. The van der Waals surface area contributed by atoms with Crippen LogP contribution in [0.15, 0.2) is 95.4 Å². The predicted molar refractivity (Wildman–Crippen MR) is 206 cm³/mol. The second-order valence-electron chi connectivity index (χ2n) is 14.7. The maximum Gasteiger partial charge on any atom is 0.424 e. The first-order chi connectivity index (χ1) is 25.4. The minimum atomic E-state index is -1.26. The zero-order valence-corrected chi connectivity index (χ0v) is 31.9. The fourth-order valence-electron chi connectivity index (χ4n) is 5.72. The molecule has 5 aromatic rings. The molecule has 2 N–H and O–H groups in total. The number of halogens is 1. The summed E-state index contributed by atoms with van der Waals surface area (Å²) in [6.45, 7) is 9.80. The Kier molecular flexibility index (Phi) is 11.7. The Labute approximate surface area is 318 Å². The number of methoxy groups -OCH3 is 1. The Hall–Kier alpha value is -5.81. The zero-order valence-electron chi connectivity index (χ0n) is 31.2. The average Bonchev–Trinajstić information content (AvgIpc) is 3.46. The van der Waals surface area contributed by atoms with Crippen LogP contribution in [0.4, 0.5) is 15.3 Å². The van der Waals surface area contributed by atoms with Crippen molar-refractivity contribution in [3.8, 4) is 16.9 Å². The molecule has 0 unspecified atom stereocenters. The Morgan fingerprint density at radius 1 is 0.796 bits per heavy atom. The van der Waals surface area contributed by atoms with Gasteiger partial charge in [0.1, 0.15) is 34.3 Å². The van der Waals surface area contributed by atoms with E-state index in [1.165, 1.54) is 13.2 Å². The second-order valence-corrected chi connectivity index (χ2v) is 15.1. The summed E-state index contributed by atoms with van der Waals surface area (Å²) in [7, 11) is 1.20. The molecule has 1 atom stereocenters. The first-order valence-corrected chi connectivity index (χ1v) is 17.6. The number of hydrogen-bond acceptors (Lipinski definition) is 9. The fourth-order valence-corrected chi connectivity index (χ4v) is 5.85. The summed E-state index contributed by atoms with van der Waals surface area (Å²) in [4.78, 5) is 56.1. The third-order valence-corrected chi connectivity index (χ3v) is 8.32. The van der Waals surface area contributed by atoms with E-state index >= 15 is 0 Å². The van der Waals surface area contributed by atoms with E-state index in [1.54, 1.807) is 84.0 Å². The predicted octanol–water partition coefficient (Wildman–Crippen LogP) is 9.24. The number of phenols is 1. The summed E-state index contributed by atoms with van der Waals surface area (Å²) in [6, 6.07) is 25.2. The van der Waals surface area contributed by atoms with Crippen molar-refractivity contribution in [1.29, 1.82) is 0 Å². The largest absolute Gasteiger partial charge is 0.508 e. The fraction of sp³-hybridized carbons (Fsp3) is 0.286. The van der Waals surface area contributed by atoms with Crippen LogP contribution in [0.3, 0.4) is 0 Å². The van der Waals surface area contributed by atoms with Crippen LogP contribution in [-0.2, 0) is 31.8 Å². The number of phenolic OH excluding ortho intramolecular Hbond substituents is 1. The molecule has 11 nitrogen and oxygen atoms in total. The maximum atomic E-state index is 14.4. The highest BCUT2D eigenvalue weighted by Gasteiger charge is 2.39. The molecular weight excluding hydrogens is 712 g/mol. The smallest absolute Gasteiger partial charge is 0.424 e. The molecule has 0 aliphatic carbocycles. The molecule has 1 heterocycles. The van der Waals surface area contributed by atoms with Gasteiger partial charge < -0.3 is 29.1 Å². The van der Waals surface area contributed by atoms with Crippen LogP contribution in [0.5, 0.6) is 5.75 Å². The van der Waals surface area contributed by atoms with Gasteiger partial charge in [-0.2, -0.15) is 4.90 Å². The molecule has 282 valence electrons. The number of furan rings is 1. The van der Waals surface area contributed by atoms with Crippen molar-refractivity contribution in [2.24, 2.45) is 0 Å². The maximum absolute atomic E-state index is 14.4.